The molecule has 0 amide bonds. The molecule has 2 nitrogen and oxygen atoms in total. The van der Waals surface area contributed by atoms with Crippen LogP contribution in [0.1, 0.15) is 39.5 Å². The summed E-state index contributed by atoms with van der Waals surface area (Å²) in [5.74, 6) is 0. The van der Waals surface area contributed by atoms with Crippen LogP contribution in [-0.4, -0.2) is 35.2 Å². The molecule has 2 atom stereocenters. The van der Waals surface area contributed by atoms with E-state index in [2.05, 4.69) is 18.7 Å². The zero-order chi connectivity index (χ0) is 8.97. The fourth-order valence-electron chi connectivity index (χ4n) is 2.06. The third kappa shape index (κ3) is 2.46. The third-order valence-electron chi connectivity index (χ3n) is 2.93. The van der Waals surface area contributed by atoms with Gasteiger partial charge in [0, 0.05) is 12.1 Å². The molecule has 0 aromatic rings. The van der Waals surface area contributed by atoms with Crippen LogP contribution in [0.5, 0.6) is 0 Å². The van der Waals surface area contributed by atoms with Gasteiger partial charge in [-0.2, -0.15) is 0 Å². The van der Waals surface area contributed by atoms with E-state index in [0.29, 0.717) is 18.7 Å². The first kappa shape index (κ1) is 10.0. The van der Waals surface area contributed by atoms with Gasteiger partial charge in [0.15, 0.2) is 0 Å². The van der Waals surface area contributed by atoms with E-state index < -0.39 is 0 Å². The Bertz CT molecular complexity index is 127. The molecule has 12 heavy (non-hydrogen) atoms. The zero-order valence-corrected chi connectivity index (χ0v) is 8.29. The number of hydrogen-bond donors (Lipinski definition) is 1. The monoisotopic (exact) mass is 171 g/mol. The first-order valence-electron chi connectivity index (χ1n) is 5.12. The molecule has 2 heteroatoms. The largest absolute Gasteiger partial charge is 0.395 e. The van der Waals surface area contributed by atoms with Gasteiger partial charge in [-0.1, -0.05) is 12.8 Å². The fraction of sp³-hybridized carbons (Fsp3) is 1.00. The maximum atomic E-state index is 9.05. The second kappa shape index (κ2) is 4.83. The van der Waals surface area contributed by atoms with Crippen molar-refractivity contribution >= 4 is 0 Å². The molecule has 0 bridgehead atoms. The molecule has 0 spiro atoms. The maximum Gasteiger partial charge on any atom is 0.0584 e. The van der Waals surface area contributed by atoms with Crippen molar-refractivity contribution in [1.29, 1.82) is 0 Å². The Morgan fingerprint density at radius 2 is 2.17 bits per heavy atom. The van der Waals surface area contributed by atoms with Crippen molar-refractivity contribution in [2.75, 3.05) is 13.2 Å². The summed E-state index contributed by atoms with van der Waals surface area (Å²) in [4.78, 5) is 2.44. The van der Waals surface area contributed by atoms with E-state index in [9.17, 15) is 0 Å². The molecule has 72 valence electrons. The van der Waals surface area contributed by atoms with Gasteiger partial charge >= 0.3 is 0 Å². The molecule has 1 rings (SSSR count). The molecule has 1 aliphatic heterocycles. The summed E-state index contributed by atoms with van der Waals surface area (Å²) in [6.07, 6.45) is 5.31. The Kier molecular flexibility index (Phi) is 4.02. The van der Waals surface area contributed by atoms with Gasteiger partial charge in [-0.3, -0.25) is 4.90 Å². The maximum absolute atomic E-state index is 9.05. The quantitative estimate of drug-likeness (QED) is 0.682. The molecule has 1 saturated heterocycles. The van der Waals surface area contributed by atoms with Gasteiger partial charge in [0.05, 0.1) is 6.61 Å². The van der Waals surface area contributed by atoms with Crippen molar-refractivity contribution in [3.63, 3.8) is 0 Å². The van der Waals surface area contributed by atoms with Gasteiger partial charge in [0.2, 0.25) is 0 Å². The minimum absolute atomic E-state index is 0.296. The van der Waals surface area contributed by atoms with Gasteiger partial charge in [-0.25, -0.2) is 0 Å². The topological polar surface area (TPSA) is 23.5 Å². The Hall–Kier alpha value is -0.0800. The van der Waals surface area contributed by atoms with E-state index >= 15 is 0 Å². The average Bonchev–Trinajstić information content (AvgIpc) is 2.28. The number of aliphatic hydroxyl groups excluding tert-OH is 1. The van der Waals surface area contributed by atoms with Crippen molar-refractivity contribution in [2.45, 2.75) is 51.6 Å². The SMILES string of the molecule is CC(CO)N1CCCCCC1C. The highest BCUT2D eigenvalue weighted by Gasteiger charge is 2.20. The van der Waals surface area contributed by atoms with Crippen LogP contribution >= 0.6 is 0 Å². The van der Waals surface area contributed by atoms with Crippen LogP contribution in [-0.2, 0) is 0 Å². The van der Waals surface area contributed by atoms with E-state index in [0.717, 1.165) is 0 Å². The molecule has 0 saturated carbocycles. The van der Waals surface area contributed by atoms with Crippen LogP contribution in [0.15, 0.2) is 0 Å². The highest BCUT2D eigenvalue weighted by molar-refractivity contribution is 4.75. The number of aliphatic hydroxyl groups is 1. The zero-order valence-electron chi connectivity index (χ0n) is 8.29. The van der Waals surface area contributed by atoms with Gasteiger partial charge in [0.1, 0.15) is 0 Å². The predicted octanol–water partition coefficient (Wildman–Crippen LogP) is 1.63. The van der Waals surface area contributed by atoms with Crippen molar-refractivity contribution in [2.24, 2.45) is 0 Å². The molecular weight excluding hydrogens is 150 g/mol. The summed E-state index contributed by atoms with van der Waals surface area (Å²) in [5.41, 5.74) is 0. The lowest BCUT2D eigenvalue weighted by Gasteiger charge is -2.31. The second-order valence-corrected chi connectivity index (χ2v) is 3.97. The molecule has 0 radical (unpaired) electrons. The second-order valence-electron chi connectivity index (χ2n) is 3.97. The molecule has 0 aromatic heterocycles. The van der Waals surface area contributed by atoms with E-state index in [1.807, 2.05) is 0 Å². The molecule has 0 aliphatic carbocycles. The predicted molar refractivity (Wildman–Crippen MR) is 51.2 cm³/mol. The minimum atomic E-state index is 0.296. The number of hydrogen-bond acceptors (Lipinski definition) is 2. The van der Waals surface area contributed by atoms with Crippen molar-refractivity contribution < 1.29 is 5.11 Å². The Morgan fingerprint density at radius 3 is 2.83 bits per heavy atom. The van der Waals surface area contributed by atoms with Gasteiger partial charge in [-0.05, 0) is 33.2 Å². The summed E-state index contributed by atoms with van der Waals surface area (Å²) in [7, 11) is 0. The lowest BCUT2D eigenvalue weighted by molar-refractivity contribution is 0.102. The van der Waals surface area contributed by atoms with Crippen LogP contribution in [0.4, 0.5) is 0 Å². The van der Waals surface area contributed by atoms with Crippen molar-refractivity contribution in [1.82, 2.24) is 4.90 Å². The normalized spacial score (nSPS) is 29.8. The summed E-state index contributed by atoms with van der Waals surface area (Å²) >= 11 is 0. The van der Waals surface area contributed by atoms with Gasteiger partial charge in [0.25, 0.3) is 0 Å². The van der Waals surface area contributed by atoms with Crippen LogP contribution < -0.4 is 0 Å². The highest BCUT2D eigenvalue weighted by Crippen LogP contribution is 2.18. The Labute approximate surface area is 75.6 Å². The Balaban J connectivity index is 2.46. The third-order valence-corrected chi connectivity index (χ3v) is 2.93. The molecule has 2 unspecified atom stereocenters. The summed E-state index contributed by atoms with van der Waals surface area (Å²) in [6, 6.07) is 1.01. The van der Waals surface area contributed by atoms with Crippen LogP contribution in [0.3, 0.4) is 0 Å². The molecule has 1 fully saturated rings. The van der Waals surface area contributed by atoms with Crippen LogP contribution in [0, 0.1) is 0 Å². The number of likely N-dealkylation sites (tertiary alicyclic amines) is 1. The summed E-state index contributed by atoms with van der Waals surface area (Å²) in [6.45, 7) is 5.85. The van der Waals surface area contributed by atoms with Crippen LogP contribution in [0.25, 0.3) is 0 Å². The molecule has 1 heterocycles. The first-order valence-corrected chi connectivity index (χ1v) is 5.12. The van der Waals surface area contributed by atoms with Crippen molar-refractivity contribution in [3.8, 4) is 0 Å². The average molecular weight is 171 g/mol. The standard InChI is InChI=1S/C10H21NO/c1-9-6-4-3-5-7-11(9)10(2)8-12/h9-10,12H,3-8H2,1-2H3. The molecule has 0 aromatic carbocycles. The fourth-order valence-corrected chi connectivity index (χ4v) is 2.06. The van der Waals surface area contributed by atoms with Crippen molar-refractivity contribution in [3.05, 3.63) is 0 Å². The van der Waals surface area contributed by atoms with E-state index in [-0.39, 0.29) is 0 Å². The molecule has 1 aliphatic rings. The van der Waals surface area contributed by atoms with E-state index in [1.54, 1.807) is 0 Å². The highest BCUT2D eigenvalue weighted by atomic mass is 16.3. The van der Waals surface area contributed by atoms with E-state index in [1.165, 1.54) is 32.2 Å². The number of rotatable bonds is 2. The minimum Gasteiger partial charge on any atom is -0.395 e. The first-order chi connectivity index (χ1) is 5.75. The number of nitrogens with zero attached hydrogens (tertiary/aromatic N) is 1. The van der Waals surface area contributed by atoms with E-state index in [4.69, 9.17) is 5.11 Å². The Morgan fingerprint density at radius 1 is 1.42 bits per heavy atom. The molecule has 1 N–H and O–H groups in total. The lowest BCUT2D eigenvalue weighted by atomic mass is 10.1. The lowest BCUT2D eigenvalue weighted by Crippen LogP contribution is -2.41. The summed E-state index contributed by atoms with van der Waals surface area (Å²) in [5, 5.41) is 9.05. The van der Waals surface area contributed by atoms with Gasteiger partial charge in [-0.15, -0.1) is 0 Å². The van der Waals surface area contributed by atoms with Gasteiger partial charge < -0.3 is 5.11 Å². The van der Waals surface area contributed by atoms with Crippen LogP contribution in [0.2, 0.25) is 0 Å². The smallest absolute Gasteiger partial charge is 0.0584 e. The summed E-state index contributed by atoms with van der Waals surface area (Å²) < 4.78 is 0. The molecular formula is C10H21NO.